The Balaban J connectivity index is 1.45. The lowest BCUT2D eigenvalue weighted by Crippen LogP contribution is -2.27. The van der Waals surface area contributed by atoms with E-state index in [2.05, 4.69) is 10.6 Å². The molecule has 0 unspecified atom stereocenters. The van der Waals surface area contributed by atoms with Gasteiger partial charge in [0.25, 0.3) is 5.91 Å². The molecule has 0 bridgehead atoms. The molecule has 2 amide bonds. The molecule has 1 aliphatic carbocycles. The van der Waals surface area contributed by atoms with Gasteiger partial charge in [0.15, 0.2) is 0 Å². The van der Waals surface area contributed by atoms with Crippen LogP contribution < -0.4 is 10.6 Å². The molecule has 156 valence electrons. The second kappa shape index (κ2) is 9.39. The fourth-order valence-corrected chi connectivity index (χ4v) is 4.41. The van der Waals surface area contributed by atoms with Gasteiger partial charge < -0.3 is 10.1 Å². The summed E-state index contributed by atoms with van der Waals surface area (Å²) in [6.07, 6.45) is 5.99. The Labute approximate surface area is 176 Å². The molecule has 2 aromatic rings. The van der Waals surface area contributed by atoms with Crippen LogP contribution in [0.2, 0.25) is 0 Å². The van der Waals surface area contributed by atoms with Crippen LogP contribution in [-0.4, -0.2) is 29.1 Å². The third-order valence-corrected chi connectivity index (χ3v) is 5.73. The summed E-state index contributed by atoms with van der Waals surface area (Å²) in [7, 11) is 0. The number of anilines is 1. The molecular formula is C22H29N3O3S. The van der Waals surface area contributed by atoms with Crippen molar-refractivity contribution in [2.24, 2.45) is 0 Å². The van der Waals surface area contributed by atoms with Crippen molar-refractivity contribution in [3.63, 3.8) is 0 Å². The number of amides is 2. The number of rotatable bonds is 6. The van der Waals surface area contributed by atoms with Crippen LogP contribution in [0.3, 0.4) is 0 Å². The zero-order valence-corrected chi connectivity index (χ0v) is 18.2. The molecule has 2 N–H and O–H groups in total. The minimum absolute atomic E-state index is 0.156. The molecule has 1 heterocycles. The maximum Gasteiger partial charge on any atom is 0.412 e. The molecular weight excluding hydrogens is 386 g/mol. The Hall–Kier alpha value is -2.41. The number of aromatic nitrogens is 1. The molecule has 1 aliphatic rings. The van der Waals surface area contributed by atoms with Crippen LogP contribution in [0.5, 0.6) is 0 Å². The lowest BCUT2D eigenvalue weighted by atomic mass is 10.0. The van der Waals surface area contributed by atoms with Crippen molar-refractivity contribution in [3.05, 3.63) is 45.4 Å². The number of carbonyl (C=O) groups excluding carboxylic acids is 2. The van der Waals surface area contributed by atoms with Crippen molar-refractivity contribution in [1.29, 1.82) is 0 Å². The first kappa shape index (κ1) is 21.3. The number of ether oxygens (including phenoxy) is 1. The molecule has 29 heavy (non-hydrogen) atoms. The van der Waals surface area contributed by atoms with Crippen molar-refractivity contribution in [1.82, 2.24) is 10.3 Å². The smallest absolute Gasteiger partial charge is 0.412 e. The summed E-state index contributed by atoms with van der Waals surface area (Å²) < 4.78 is 5.24. The van der Waals surface area contributed by atoms with E-state index in [-0.39, 0.29) is 5.91 Å². The first-order chi connectivity index (χ1) is 13.8. The van der Waals surface area contributed by atoms with Gasteiger partial charge in [0.2, 0.25) is 0 Å². The van der Waals surface area contributed by atoms with Crippen molar-refractivity contribution in [2.45, 2.75) is 64.9 Å². The van der Waals surface area contributed by atoms with Gasteiger partial charge in [-0.25, -0.2) is 9.78 Å². The zero-order chi connectivity index (χ0) is 20.9. The quantitative estimate of drug-likeness (QED) is 0.668. The Kier molecular flexibility index (Phi) is 6.90. The fourth-order valence-electron chi connectivity index (χ4n) is 3.22. The van der Waals surface area contributed by atoms with E-state index < -0.39 is 11.7 Å². The van der Waals surface area contributed by atoms with Crippen LogP contribution in [0.15, 0.2) is 24.3 Å². The summed E-state index contributed by atoms with van der Waals surface area (Å²) in [5, 5.41) is 6.78. The number of carbonyl (C=O) groups is 2. The molecule has 0 spiro atoms. The summed E-state index contributed by atoms with van der Waals surface area (Å²) >= 11 is 1.83. The first-order valence-corrected chi connectivity index (χ1v) is 11.0. The molecule has 0 saturated heterocycles. The second-order valence-corrected chi connectivity index (χ2v) is 9.42. The number of benzene rings is 1. The van der Waals surface area contributed by atoms with Gasteiger partial charge in [-0.2, -0.15) is 0 Å². The molecule has 0 radical (unpaired) electrons. The second-order valence-electron chi connectivity index (χ2n) is 8.25. The number of hydrogen-bond acceptors (Lipinski definition) is 5. The van der Waals surface area contributed by atoms with Crippen LogP contribution in [0.4, 0.5) is 10.5 Å². The van der Waals surface area contributed by atoms with Crippen LogP contribution in [0, 0.1) is 0 Å². The van der Waals surface area contributed by atoms with E-state index in [1.54, 1.807) is 45.0 Å². The predicted octanol–water partition coefficient (Wildman–Crippen LogP) is 4.73. The van der Waals surface area contributed by atoms with E-state index in [0.717, 1.165) is 25.7 Å². The third kappa shape index (κ3) is 6.56. The minimum atomic E-state index is -0.574. The molecule has 0 atom stereocenters. The SMILES string of the molecule is CC(C)(C)OC(=O)Nc1cccc(C(=O)NCCCc2nc3c(s2)CCCC3)c1. The minimum Gasteiger partial charge on any atom is -0.444 e. The van der Waals surface area contributed by atoms with Crippen LogP contribution in [-0.2, 0) is 24.0 Å². The normalized spacial score (nSPS) is 13.5. The molecule has 3 rings (SSSR count). The average molecular weight is 416 g/mol. The highest BCUT2D eigenvalue weighted by Crippen LogP contribution is 2.27. The molecule has 0 fully saturated rings. The van der Waals surface area contributed by atoms with Crippen LogP contribution in [0.1, 0.15) is 66.0 Å². The summed E-state index contributed by atoms with van der Waals surface area (Å²) in [6, 6.07) is 6.84. The molecule has 0 aliphatic heterocycles. The zero-order valence-electron chi connectivity index (χ0n) is 17.3. The van der Waals surface area contributed by atoms with Crippen molar-refractivity contribution < 1.29 is 14.3 Å². The predicted molar refractivity (Wildman–Crippen MR) is 116 cm³/mol. The average Bonchev–Trinajstić information content (AvgIpc) is 3.06. The standard InChI is InChI=1S/C22H29N3O3S/c1-22(2,3)28-21(27)24-16-9-6-8-15(14-16)20(26)23-13-7-12-19-25-17-10-4-5-11-18(17)29-19/h6,8-9,14H,4-5,7,10-13H2,1-3H3,(H,23,26)(H,24,27). The monoisotopic (exact) mass is 415 g/mol. The van der Waals surface area contributed by atoms with E-state index in [1.165, 1.54) is 28.4 Å². The van der Waals surface area contributed by atoms with Crippen molar-refractivity contribution >= 4 is 29.0 Å². The lowest BCUT2D eigenvalue weighted by Gasteiger charge is -2.19. The Morgan fingerprint density at radius 2 is 2.00 bits per heavy atom. The van der Waals surface area contributed by atoms with Gasteiger partial charge in [0, 0.05) is 29.1 Å². The summed E-state index contributed by atoms with van der Waals surface area (Å²) in [5.41, 5.74) is 1.74. The number of nitrogens with zero attached hydrogens (tertiary/aromatic N) is 1. The van der Waals surface area contributed by atoms with E-state index in [9.17, 15) is 9.59 Å². The Morgan fingerprint density at radius 3 is 2.76 bits per heavy atom. The van der Waals surface area contributed by atoms with Gasteiger partial charge in [0.1, 0.15) is 5.60 Å². The highest BCUT2D eigenvalue weighted by molar-refractivity contribution is 7.11. The summed E-state index contributed by atoms with van der Waals surface area (Å²) in [6.45, 7) is 6.00. The number of aryl methyl sites for hydroxylation is 3. The van der Waals surface area contributed by atoms with E-state index in [1.807, 2.05) is 11.3 Å². The molecule has 7 heteroatoms. The number of nitrogens with one attached hydrogen (secondary N) is 2. The van der Waals surface area contributed by atoms with Crippen molar-refractivity contribution in [3.8, 4) is 0 Å². The molecule has 0 saturated carbocycles. The van der Waals surface area contributed by atoms with Gasteiger partial charge in [-0.15, -0.1) is 11.3 Å². The van der Waals surface area contributed by atoms with Crippen molar-refractivity contribution in [2.75, 3.05) is 11.9 Å². The van der Waals surface area contributed by atoms with Gasteiger partial charge >= 0.3 is 6.09 Å². The largest absolute Gasteiger partial charge is 0.444 e. The Morgan fingerprint density at radius 1 is 1.21 bits per heavy atom. The van der Waals surface area contributed by atoms with Gasteiger partial charge in [-0.05, 0) is 71.1 Å². The van der Waals surface area contributed by atoms with E-state index >= 15 is 0 Å². The highest BCUT2D eigenvalue weighted by atomic mass is 32.1. The molecule has 6 nitrogen and oxygen atoms in total. The van der Waals surface area contributed by atoms with Crippen LogP contribution >= 0.6 is 11.3 Å². The van der Waals surface area contributed by atoms with Gasteiger partial charge in [-0.3, -0.25) is 10.1 Å². The number of fused-ring (bicyclic) bond motifs is 1. The van der Waals surface area contributed by atoms with E-state index in [4.69, 9.17) is 9.72 Å². The Bertz CT molecular complexity index is 847. The summed E-state index contributed by atoms with van der Waals surface area (Å²) in [5.74, 6) is -0.156. The maximum atomic E-state index is 12.4. The summed E-state index contributed by atoms with van der Waals surface area (Å²) in [4.78, 5) is 30.5. The number of thiazole rings is 1. The fraction of sp³-hybridized carbons (Fsp3) is 0.500. The van der Waals surface area contributed by atoms with E-state index in [0.29, 0.717) is 17.8 Å². The molecule has 1 aromatic heterocycles. The topological polar surface area (TPSA) is 80.3 Å². The maximum absolute atomic E-state index is 12.4. The third-order valence-electron chi connectivity index (χ3n) is 4.51. The lowest BCUT2D eigenvalue weighted by molar-refractivity contribution is 0.0635. The molecule has 1 aromatic carbocycles. The van der Waals surface area contributed by atoms with Gasteiger partial charge in [-0.1, -0.05) is 6.07 Å². The number of hydrogen-bond donors (Lipinski definition) is 2. The van der Waals surface area contributed by atoms with Crippen LogP contribution in [0.25, 0.3) is 0 Å². The highest BCUT2D eigenvalue weighted by Gasteiger charge is 2.17. The first-order valence-electron chi connectivity index (χ1n) is 10.2. The van der Waals surface area contributed by atoms with Gasteiger partial charge in [0.05, 0.1) is 10.7 Å².